The van der Waals surface area contributed by atoms with Gasteiger partial charge in [0.1, 0.15) is 0 Å². The van der Waals surface area contributed by atoms with E-state index in [0.717, 1.165) is 24.1 Å². The van der Waals surface area contributed by atoms with Gasteiger partial charge < -0.3 is 4.74 Å². The van der Waals surface area contributed by atoms with Crippen LogP contribution in [0.2, 0.25) is 0 Å². The minimum absolute atomic E-state index is 0.210. The van der Waals surface area contributed by atoms with E-state index in [1.165, 1.54) is 75.1 Å². The standard InChI is InChI=1S/C30H38N2O2/c1-3-5-7-9-11-13-25-16-20-27(21-17-25)30(33)34-29-23-31-28(22-32-29)26-18-14-24(15-19-26)12-10-8-6-4-2/h14-23H,3-13H2,1-2H3. The van der Waals surface area contributed by atoms with Crippen LogP contribution in [0.1, 0.15) is 93.1 Å². The third-order valence-electron chi connectivity index (χ3n) is 6.15. The number of hydrogen-bond donors (Lipinski definition) is 0. The normalized spacial score (nSPS) is 10.9. The zero-order valence-electron chi connectivity index (χ0n) is 20.8. The highest BCUT2D eigenvalue weighted by Gasteiger charge is 2.10. The van der Waals surface area contributed by atoms with Crippen molar-refractivity contribution in [2.24, 2.45) is 0 Å². The number of aromatic nitrogens is 2. The summed E-state index contributed by atoms with van der Waals surface area (Å²) < 4.78 is 5.43. The van der Waals surface area contributed by atoms with Crippen LogP contribution in [0.5, 0.6) is 5.88 Å². The highest BCUT2D eigenvalue weighted by Crippen LogP contribution is 2.20. The van der Waals surface area contributed by atoms with Gasteiger partial charge in [-0.15, -0.1) is 0 Å². The summed E-state index contributed by atoms with van der Waals surface area (Å²) in [5, 5.41) is 0. The molecule has 0 saturated heterocycles. The number of benzene rings is 2. The van der Waals surface area contributed by atoms with Gasteiger partial charge in [0, 0.05) is 5.56 Å². The summed E-state index contributed by atoms with van der Waals surface area (Å²) in [4.78, 5) is 21.2. The van der Waals surface area contributed by atoms with E-state index in [-0.39, 0.29) is 5.88 Å². The maximum absolute atomic E-state index is 12.5. The molecular formula is C30H38N2O2. The Morgan fingerprint density at radius 1 is 0.676 bits per heavy atom. The number of unbranched alkanes of at least 4 members (excludes halogenated alkanes) is 7. The summed E-state index contributed by atoms with van der Waals surface area (Å²) in [7, 11) is 0. The minimum atomic E-state index is -0.413. The number of carbonyl (C=O) groups excluding carboxylic acids is 1. The molecule has 0 atom stereocenters. The Bertz CT molecular complexity index is 980. The van der Waals surface area contributed by atoms with Gasteiger partial charge in [-0.05, 0) is 48.9 Å². The van der Waals surface area contributed by atoms with Crippen LogP contribution in [-0.4, -0.2) is 15.9 Å². The van der Waals surface area contributed by atoms with Crippen molar-refractivity contribution in [1.29, 1.82) is 0 Å². The van der Waals surface area contributed by atoms with Crippen LogP contribution < -0.4 is 4.74 Å². The van der Waals surface area contributed by atoms with Crippen LogP contribution in [0.3, 0.4) is 0 Å². The Morgan fingerprint density at radius 3 is 1.79 bits per heavy atom. The zero-order chi connectivity index (χ0) is 24.0. The molecule has 3 aromatic rings. The van der Waals surface area contributed by atoms with Crippen LogP contribution in [0, 0.1) is 0 Å². The molecule has 0 bridgehead atoms. The van der Waals surface area contributed by atoms with Gasteiger partial charge in [0.2, 0.25) is 5.88 Å². The smallest absolute Gasteiger partial charge is 0.344 e. The molecule has 0 spiro atoms. The summed E-state index contributed by atoms with van der Waals surface area (Å²) in [6.45, 7) is 4.46. The lowest BCUT2D eigenvalue weighted by Crippen LogP contribution is -2.09. The first-order valence-corrected chi connectivity index (χ1v) is 12.9. The number of rotatable bonds is 14. The molecule has 4 heteroatoms. The predicted octanol–water partition coefficient (Wildman–Crippen LogP) is 8.00. The van der Waals surface area contributed by atoms with Crippen molar-refractivity contribution in [2.75, 3.05) is 0 Å². The van der Waals surface area contributed by atoms with E-state index in [9.17, 15) is 4.79 Å². The highest BCUT2D eigenvalue weighted by atomic mass is 16.5. The number of hydrogen-bond acceptors (Lipinski definition) is 4. The van der Waals surface area contributed by atoms with Crippen molar-refractivity contribution in [3.05, 3.63) is 77.6 Å². The van der Waals surface area contributed by atoms with Crippen molar-refractivity contribution in [1.82, 2.24) is 9.97 Å². The lowest BCUT2D eigenvalue weighted by molar-refractivity contribution is 0.0727. The van der Waals surface area contributed by atoms with Crippen LogP contribution >= 0.6 is 0 Å². The summed E-state index contributed by atoms with van der Waals surface area (Å²) in [5.74, 6) is -0.203. The molecule has 2 aromatic carbocycles. The van der Waals surface area contributed by atoms with Crippen molar-refractivity contribution < 1.29 is 9.53 Å². The van der Waals surface area contributed by atoms with Crippen molar-refractivity contribution in [3.8, 4) is 17.1 Å². The number of aryl methyl sites for hydroxylation is 2. The van der Waals surface area contributed by atoms with E-state index in [4.69, 9.17) is 4.74 Å². The maximum atomic E-state index is 12.5. The van der Waals surface area contributed by atoms with Gasteiger partial charge in [0.25, 0.3) is 0 Å². The first-order chi connectivity index (χ1) is 16.7. The Labute approximate surface area is 204 Å². The lowest BCUT2D eigenvalue weighted by atomic mass is 10.0. The molecule has 0 aliphatic heterocycles. The summed E-state index contributed by atoms with van der Waals surface area (Å²) >= 11 is 0. The quantitative estimate of drug-likeness (QED) is 0.181. The third kappa shape index (κ3) is 8.40. The summed E-state index contributed by atoms with van der Waals surface area (Å²) in [6.07, 6.45) is 16.7. The predicted molar refractivity (Wildman–Crippen MR) is 139 cm³/mol. The average molecular weight is 459 g/mol. The van der Waals surface area contributed by atoms with Crippen molar-refractivity contribution in [2.45, 2.75) is 84.5 Å². The molecule has 0 saturated carbocycles. The molecule has 1 heterocycles. The molecule has 0 aliphatic carbocycles. The Morgan fingerprint density at radius 2 is 1.24 bits per heavy atom. The molecule has 3 rings (SSSR count). The largest absolute Gasteiger partial charge is 0.402 e. The number of ether oxygens (including phenoxy) is 1. The minimum Gasteiger partial charge on any atom is -0.402 e. The SMILES string of the molecule is CCCCCCCc1ccc(C(=O)Oc2cnc(-c3ccc(CCCCCC)cc3)cn2)cc1. The first-order valence-electron chi connectivity index (χ1n) is 12.9. The molecule has 0 N–H and O–H groups in total. The molecule has 0 unspecified atom stereocenters. The van der Waals surface area contributed by atoms with Crippen LogP contribution in [0.15, 0.2) is 60.9 Å². The van der Waals surface area contributed by atoms with Gasteiger partial charge in [0.05, 0.1) is 23.7 Å². The second kappa shape index (κ2) is 14.3. The van der Waals surface area contributed by atoms with Gasteiger partial charge in [-0.25, -0.2) is 14.8 Å². The topological polar surface area (TPSA) is 52.1 Å². The van der Waals surface area contributed by atoms with E-state index in [0.29, 0.717) is 5.56 Å². The molecule has 0 radical (unpaired) electrons. The zero-order valence-corrected chi connectivity index (χ0v) is 20.8. The second-order valence-corrected chi connectivity index (χ2v) is 9.00. The fourth-order valence-corrected chi connectivity index (χ4v) is 4.01. The fraction of sp³-hybridized carbons (Fsp3) is 0.433. The monoisotopic (exact) mass is 458 g/mol. The fourth-order valence-electron chi connectivity index (χ4n) is 4.01. The molecule has 0 fully saturated rings. The first kappa shape index (κ1) is 25.6. The highest BCUT2D eigenvalue weighted by molar-refractivity contribution is 5.90. The molecule has 180 valence electrons. The molecule has 4 nitrogen and oxygen atoms in total. The molecule has 1 aromatic heterocycles. The summed E-state index contributed by atoms with van der Waals surface area (Å²) in [6, 6.07) is 16.2. The second-order valence-electron chi connectivity index (χ2n) is 9.00. The van der Waals surface area contributed by atoms with E-state index in [2.05, 4.69) is 48.1 Å². The lowest BCUT2D eigenvalue weighted by Gasteiger charge is -2.07. The number of nitrogens with zero attached hydrogens (tertiary/aromatic N) is 2. The van der Waals surface area contributed by atoms with Gasteiger partial charge in [-0.2, -0.15) is 0 Å². The number of esters is 1. The van der Waals surface area contributed by atoms with Crippen molar-refractivity contribution in [3.63, 3.8) is 0 Å². The average Bonchev–Trinajstić information content (AvgIpc) is 2.88. The van der Waals surface area contributed by atoms with Crippen LogP contribution in [-0.2, 0) is 12.8 Å². The third-order valence-corrected chi connectivity index (χ3v) is 6.15. The molecular weight excluding hydrogens is 420 g/mol. The van der Waals surface area contributed by atoms with Gasteiger partial charge in [-0.1, -0.05) is 95.2 Å². The van der Waals surface area contributed by atoms with Crippen LogP contribution in [0.4, 0.5) is 0 Å². The van der Waals surface area contributed by atoms with Gasteiger partial charge >= 0.3 is 5.97 Å². The molecule has 0 aliphatic rings. The summed E-state index contributed by atoms with van der Waals surface area (Å²) in [5.41, 5.74) is 4.90. The van der Waals surface area contributed by atoms with Crippen molar-refractivity contribution >= 4 is 5.97 Å². The number of carbonyl (C=O) groups is 1. The maximum Gasteiger partial charge on any atom is 0.344 e. The molecule has 34 heavy (non-hydrogen) atoms. The van der Waals surface area contributed by atoms with E-state index in [1.807, 2.05) is 24.3 Å². The van der Waals surface area contributed by atoms with Crippen LogP contribution in [0.25, 0.3) is 11.3 Å². The van der Waals surface area contributed by atoms with E-state index >= 15 is 0 Å². The Kier molecular flexibility index (Phi) is 10.8. The Balaban J connectivity index is 1.48. The Hall–Kier alpha value is -3.01. The van der Waals surface area contributed by atoms with Gasteiger partial charge in [0.15, 0.2) is 0 Å². The van der Waals surface area contributed by atoms with E-state index in [1.54, 1.807) is 6.20 Å². The molecule has 0 amide bonds. The van der Waals surface area contributed by atoms with Gasteiger partial charge in [-0.3, -0.25) is 0 Å². The van der Waals surface area contributed by atoms with E-state index < -0.39 is 5.97 Å².